The molecule has 0 spiro atoms. The second-order valence-electron chi connectivity index (χ2n) is 4.51. The van der Waals surface area contributed by atoms with Crippen molar-refractivity contribution in [1.82, 2.24) is 24.3 Å². The van der Waals surface area contributed by atoms with Gasteiger partial charge in [0.05, 0.1) is 11.4 Å². The fourth-order valence-corrected chi connectivity index (χ4v) is 2.91. The number of aryl methyl sites for hydroxylation is 2. The third-order valence-corrected chi connectivity index (χ3v) is 4.08. The normalized spacial score (nSPS) is 10.9. The summed E-state index contributed by atoms with van der Waals surface area (Å²) in [6.07, 6.45) is 5.51. The van der Waals surface area contributed by atoms with Gasteiger partial charge in [0.15, 0.2) is 5.16 Å². The highest BCUT2D eigenvalue weighted by molar-refractivity contribution is 7.98. The van der Waals surface area contributed by atoms with Gasteiger partial charge in [-0.25, -0.2) is 4.98 Å². The van der Waals surface area contributed by atoms with Crippen LogP contribution in [0.2, 0.25) is 0 Å². The van der Waals surface area contributed by atoms with Crippen LogP contribution in [0, 0.1) is 6.92 Å². The number of imidazole rings is 1. The molecule has 0 N–H and O–H groups in total. The molecule has 102 valence electrons. The van der Waals surface area contributed by atoms with E-state index in [1.165, 1.54) is 5.56 Å². The first-order valence-corrected chi connectivity index (χ1v) is 7.29. The minimum absolute atomic E-state index is 0.772. The van der Waals surface area contributed by atoms with Crippen LogP contribution in [0.4, 0.5) is 0 Å². The highest BCUT2D eigenvalue weighted by atomic mass is 32.2. The molecule has 2 heterocycles. The average Bonchev–Trinajstić information content (AvgIpc) is 3.06. The fraction of sp³-hybridized carbons (Fsp3) is 0.214. The van der Waals surface area contributed by atoms with Crippen LogP contribution in [0.15, 0.2) is 48.1 Å². The van der Waals surface area contributed by atoms with Crippen molar-refractivity contribution in [2.24, 2.45) is 7.05 Å². The van der Waals surface area contributed by atoms with Crippen LogP contribution >= 0.6 is 11.8 Å². The molecule has 0 bridgehead atoms. The predicted molar refractivity (Wildman–Crippen MR) is 78.9 cm³/mol. The molecule has 0 aliphatic rings. The van der Waals surface area contributed by atoms with Crippen LogP contribution in [0.5, 0.6) is 0 Å². The van der Waals surface area contributed by atoms with Gasteiger partial charge in [-0.2, -0.15) is 0 Å². The Morgan fingerprint density at radius 3 is 2.85 bits per heavy atom. The molecule has 0 atom stereocenters. The molecule has 0 saturated carbocycles. The number of hydrogen-bond acceptors (Lipinski definition) is 4. The van der Waals surface area contributed by atoms with E-state index in [1.807, 2.05) is 40.7 Å². The van der Waals surface area contributed by atoms with E-state index in [0.29, 0.717) is 0 Å². The summed E-state index contributed by atoms with van der Waals surface area (Å²) in [6.45, 7) is 2.09. The Hall–Kier alpha value is -2.08. The molecule has 0 fully saturated rings. The number of para-hydroxylation sites is 1. The first-order valence-electron chi connectivity index (χ1n) is 6.31. The van der Waals surface area contributed by atoms with Crippen molar-refractivity contribution in [2.45, 2.75) is 17.8 Å². The molecule has 0 radical (unpaired) electrons. The minimum Gasteiger partial charge on any atom is -0.337 e. The molecule has 0 amide bonds. The number of benzene rings is 1. The van der Waals surface area contributed by atoms with Crippen molar-refractivity contribution in [3.8, 4) is 5.69 Å². The molecule has 3 rings (SSSR count). The zero-order chi connectivity index (χ0) is 13.9. The van der Waals surface area contributed by atoms with Crippen molar-refractivity contribution in [2.75, 3.05) is 0 Å². The lowest BCUT2D eigenvalue weighted by molar-refractivity contribution is 0.840. The van der Waals surface area contributed by atoms with Gasteiger partial charge in [-0.3, -0.25) is 4.57 Å². The summed E-state index contributed by atoms with van der Waals surface area (Å²) in [4.78, 5) is 4.32. The van der Waals surface area contributed by atoms with Gasteiger partial charge in [-0.1, -0.05) is 30.0 Å². The van der Waals surface area contributed by atoms with Crippen molar-refractivity contribution >= 4 is 11.8 Å². The highest BCUT2D eigenvalue weighted by Crippen LogP contribution is 2.24. The topological polar surface area (TPSA) is 48.5 Å². The summed E-state index contributed by atoms with van der Waals surface area (Å²) < 4.78 is 4.03. The minimum atomic E-state index is 0.772. The molecule has 5 nitrogen and oxygen atoms in total. The van der Waals surface area contributed by atoms with E-state index in [2.05, 4.69) is 34.2 Å². The van der Waals surface area contributed by atoms with Crippen molar-refractivity contribution in [1.29, 1.82) is 0 Å². The van der Waals surface area contributed by atoms with E-state index in [-0.39, 0.29) is 0 Å². The summed E-state index contributed by atoms with van der Waals surface area (Å²) in [6, 6.07) is 8.21. The second-order valence-corrected chi connectivity index (χ2v) is 5.46. The van der Waals surface area contributed by atoms with E-state index in [9.17, 15) is 0 Å². The zero-order valence-electron chi connectivity index (χ0n) is 11.4. The molecule has 0 aliphatic carbocycles. The molecular weight excluding hydrogens is 270 g/mol. The van der Waals surface area contributed by atoms with Gasteiger partial charge in [0, 0.05) is 19.4 Å². The van der Waals surface area contributed by atoms with E-state index in [0.717, 1.165) is 22.4 Å². The summed E-state index contributed by atoms with van der Waals surface area (Å²) in [5.41, 5.74) is 2.31. The maximum Gasteiger partial charge on any atom is 0.196 e. The van der Waals surface area contributed by atoms with Crippen LogP contribution in [0.1, 0.15) is 11.4 Å². The zero-order valence-corrected chi connectivity index (χ0v) is 12.2. The Balaban J connectivity index is 1.84. The lowest BCUT2D eigenvalue weighted by Crippen LogP contribution is -1.99. The van der Waals surface area contributed by atoms with Crippen molar-refractivity contribution in [3.63, 3.8) is 0 Å². The molecule has 1 aromatic carbocycles. The Kier molecular flexibility index (Phi) is 3.56. The SMILES string of the molecule is Cc1ccccc1-n1cnnc1SCc1nccn1C. The van der Waals surface area contributed by atoms with E-state index < -0.39 is 0 Å². The van der Waals surface area contributed by atoms with Gasteiger partial charge in [0.2, 0.25) is 0 Å². The summed E-state index contributed by atoms with van der Waals surface area (Å²) in [5.74, 6) is 1.79. The fourth-order valence-electron chi connectivity index (χ4n) is 1.99. The molecule has 20 heavy (non-hydrogen) atoms. The Morgan fingerprint density at radius 2 is 2.10 bits per heavy atom. The van der Waals surface area contributed by atoms with E-state index in [4.69, 9.17) is 0 Å². The molecule has 3 aromatic rings. The highest BCUT2D eigenvalue weighted by Gasteiger charge is 2.10. The van der Waals surface area contributed by atoms with Crippen LogP contribution < -0.4 is 0 Å². The number of rotatable bonds is 4. The molecular formula is C14H15N5S. The molecule has 0 aliphatic heterocycles. The van der Waals surface area contributed by atoms with Gasteiger partial charge in [0.1, 0.15) is 12.2 Å². The van der Waals surface area contributed by atoms with Crippen molar-refractivity contribution in [3.05, 3.63) is 54.4 Å². The van der Waals surface area contributed by atoms with Gasteiger partial charge < -0.3 is 4.57 Å². The number of nitrogens with zero attached hydrogens (tertiary/aromatic N) is 5. The average molecular weight is 285 g/mol. The van der Waals surface area contributed by atoms with Gasteiger partial charge in [-0.15, -0.1) is 10.2 Å². The first kappa shape index (κ1) is 12.9. The maximum atomic E-state index is 4.32. The van der Waals surface area contributed by atoms with Gasteiger partial charge in [0.25, 0.3) is 0 Å². The summed E-state index contributed by atoms with van der Waals surface area (Å²) in [7, 11) is 2.00. The Morgan fingerprint density at radius 1 is 1.25 bits per heavy atom. The third kappa shape index (κ3) is 2.46. The number of hydrogen-bond donors (Lipinski definition) is 0. The van der Waals surface area contributed by atoms with Crippen LogP contribution in [-0.4, -0.2) is 24.3 Å². The summed E-state index contributed by atoms with van der Waals surface area (Å²) in [5, 5.41) is 9.11. The molecule has 0 saturated heterocycles. The molecule has 6 heteroatoms. The predicted octanol–water partition coefficient (Wildman–Crippen LogP) is 2.60. The lowest BCUT2D eigenvalue weighted by atomic mass is 10.2. The van der Waals surface area contributed by atoms with Crippen LogP contribution in [-0.2, 0) is 12.8 Å². The van der Waals surface area contributed by atoms with Gasteiger partial charge in [-0.05, 0) is 18.6 Å². The van der Waals surface area contributed by atoms with Crippen LogP contribution in [0.25, 0.3) is 5.69 Å². The standard InChI is InChI=1S/C14H15N5S/c1-11-5-3-4-6-12(11)19-10-16-17-14(19)20-9-13-15-7-8-18(13)2/h3-8,10H,9H2,1-2H3. The largest absolute Gasteiger partial charge is 0.337 e. The maximum absolute atomic E-state index is 4.32. The quantitative estimate of drug-likeness (QED) is 0.691. The first-order chi connectivity index (χ1) is 9.75. The monoisotopic (exact) mass is 285 g/mol. The summed E-state index contributed by atoms with van der Waals surface area (Å²) >= 11 is 1.64. The third-order valence-electron chi connectivity index (χ3n) is 3.14. The lowest BCUT2D eigenvalue weighted by Gasteiger charge is -2.08. The van der Waals surface area contributed by atoms with E-state index in [1.54, 1.807) is 18.1 Å². The van der Waals surface area contributed by atoms with Crippen LogP contribution in [0.3, 0.4) is 0 Å². The Bertz CT molecular complexity index is 716. The second kappa shape index (κ2) is 5.50. The molecule has 2 aromatic heterocycles. The van der Waals surface area contributed by atoms with Crippen molar-refractivity contribution < 1.29 is 0 Å². The number of aromatic nitrogens is 5. The molecule has 0 unspecified atom stereocenters. The van der Waals surface area contributed by atoms with Gasteiger partial charge >= 0.3 is 0 Å². The smallest absolute Gasteiger partial charge is 0.196 e. The Labute approximate surface area is 121 Å². The van der Waals surface area contributed by atoms with E-state index >= 15 is 0 Å². The number of thioether (sulfide) groups is 1.